The molecule has 0 N–H and O–H groups in total. The van der Waals surface area contributed by atoms with Crippen LogP contribution in [0.1, 0.15) is 52.5 Å². The lowest BCUT2D eigenvalue weighted by Gasteiger charge is -2.23. The Kier molecular flexibility index (Phi) is 11.0. The van der Waals surface area contributed by atoms with E-state index in [-0.39, 0.29) is 19.0 Å². The molecule has 0 aliphatic rings. The second kappa shape index (κ2) is 12.4. The Morgan fingerprint density at radius 2 is 1.77 bits per heavy atom. The molecule has 4 nitrogen and oxygen atoms in total. The second-order valence-corrected chi connectivity index (χ2v) is 7.17. The van der Waals surface area contributed by atoms with Gasteiger partial charge in [-0.1, -0.05) is 17.7 Å². The van der Waals surface area contributed by atoms with Crippen LogP contribution in [0.3, 0.4) is 0 Å². The minimum Gasteiger partial charge on any atom is -0.468 e. The van der Waals surface area contributed by atoms with E-state index in [0.29, 0.717) is 10.8 Å². The van der Waals surface area contributed by atoms with Gasteiger partial charge in [0.25, 0.3) is 0 Å². The molecule has 1 rings (SSSR count). The van der Waals surface area contributed by atoms with E-state index in [1.54, 1.807) is 7.11 Å². The molecule has 26 heavy (non-hydrogen) atoms. The maximum absolute atomic E-state index is 6.59. The fourth-order valence-electron chi connectivity index (χ4n) is 2.58. The van der Waals surface area contributed by atoms with Gasteiger partial charge >= 0.3 is 7.12 Å². The molecule has 0 fully saturated rings. The van der Waals surface area contributed by atoms with Gasteiger partial charge < -0.3 is 18.8 Å². The fraction of sp³-hybridized carbons (Fsp3) is 0.600. The van der Waals surface area contributed by atoms with Crippen molar-refractivity contribution in [3.05, 3.63) is 35.4 Å². The molecule has 0 heterocycles. The quantitative estimate of drug-likeness (QED) is 0.213. The Hall–Kier alpha value is -1.01. The van der Waals surface area contributed by atoms with Crippen LogP contribution in [-0.4, -0.2) is 33.2 Å². The highest BCUT2D eigenvalue weighted by Crippen LogP contribution is 2.24. The lowest BCUT2D eigenvalue weighted by Crippen LogP contribution is -2.43. The van der Waals surface area contributed by atoms with E-state index in [1.165, 1.54) is 0 Å². The van der Waals surface area contributed by atoms with Crippen molar-refractivity contribution in [2.24, 2.45) is 0 Å². The Balaban J connectivity index is 3.20. The summed E-state index contributed by atoms with van der Waals surface area (Å²) in [6.45, 7) is 11.9. The van der Waals surface area contributed by atoms with Crippen molar-refractivity contribution in [2.45, 2.75) is 65.6 Å². The molecule has 0 aliphatic heterocycles. The third-order valence-corrected chi connectivity index (χ3v) is 4.01. The Labute approximate surface area is 164 Å². The van der Waals surface area contributed by atoms with Crippen molar-refractivity contribution in [1.82, 2.24) is 0 Å². The van der Waals surface area contributed by atoms with Gasteiger partial charge in [0.2, 0.25) is 0 Å². The molecule has 0 aliphatic carbocycles. The van der Waals surface area contributed by atoms with Crippen LogP contribution in [0.15, 0.2) is 24.8 Å². The molecule has 0 spiro atoms. The number of rotatable bonds is 13. The number of hydrogen-bond acceptors (Lipinski definition) is 4. The van der Waals surface area contributed by atoms with Gasteiger partial charge in [-0.2, -0.15) is 0 Å². The van der Waals surface area contributed by atoms with E-state index >= 15 is 0 Å². The highest BCUT2D eigenvalue weighted by Gasteiger charge is 2.29. The highest BCUT2D eigenvalue weighted by molar-refractivity contribution is 6.62. The van der Waals surface area contributed by atoms with Crippen LogP contribution in [0.25, 0.3) is 0 Å². The Morgan fingerprint density at radius 1 is 1.12 bits per heavy atom. The van der Waals surface area contributed by atoms with Crippen LogP contribution in [0.4, 0.5) is 0 Å². The summed E-state index contributed by atoms with van der Waals surface area (Å²) >= 11 is 6.59. The summed E-state index contributed by atoms with van der Waals surface area (Å²) in [5, 5.41) is 0.664. The number of ether oxygens (including phenoxy) is 2. The third kappa shape index (κ3) is 8.13. The third-order valence-electron chi connectivity index (χ3n) is 3.68. The molecule has 1 aromatic rings. The van der Waals surface area contributed by atoms with Crippen LogP contribution in [0.5, 0.6) is 5.75 Å². The first-order valence-electron chi connectivity index (χ1n) is 9.24. The molecule has 0 saturated carbocycles. The zero-order valence-corrected chi connectivity index (χ0v) is 17.5. The van der Waals surface area contributed by atoms with Crippen molar-refractivity contribution >= 4 is 24.2 Å². The minimum atomic E-state index is -0.493. The summed E-state index contributed by atoms with van der Waals surface area (Å²) in [6.07, 6.45) is 5.93. The van der Waals surface area contributed by atoms with Gasteiger partial charge in [-0.05, 0) is 76.5 Å². The molecular weight excluding hydrogens is 350 g/mol. The number of halogens is 1. The molecular formula is C20H32BClO4. The summed E-state index contributed by atoms with van der Waals surface area (Å²) in [6, 6.07) is 3.78. The normalized spacial score (nSPS) is 11.2. The number of unbranched alkanes of at least 4 members (excludes halogenated alkanes) is 2. The van der Waals surface area contributed by atoms with E-state index < -0.39 is 7.12 Å². The van der Waals surface area contributed by atoms with Crippen LogP contribution < -0.4 is 10.2 Å². The lowest BCUT2D eigenvalue weighted by atomic mass is 9.74. The molecule has 0 unspecified atom stereocenters. The maximum atomic E-state index is 6.59. The van der Waals surface area contributed by atoms with Crippen molar-refractivity contribution in [2.75, 3.05) is 13.9 Å². The first-order chi connectivity index (χ1) is 12.4. The zero-order valence-electron chi connectivity index (χ0n) is 16.7. The van der Waals surface area contributed by atoms with E-state index in [4.69, 9.17) is 30.4 Å². The van der Waals surface area contributed by atoms with Crippen LogP contribution in [0, 0.1) is 0 Å². The molecule has 0 atom stereocenters. The van der Waals surface area contributed by atoms with E-state index in [1.807, 2.05) is 45.9 Å². The highest BCUT2D eigenvalue weighted by atomic mass is 35.5. The predicted molar refractivity (Wildman–Crippen MR) is 110 cm³/mol. The van der Waals surface area contributed by atoms with Crippen molar-refractivity contribution in [1.29, 1.82) is 0 Å². The molecule has 146 valence electrons. The van der Waals surface area contributed by atoms with Gasteiger partial charge in [-0.25, -0.2) is 0 Å². The molecule has 0 aromatic heterocycles. The van der Waals surface area contributed by atoms with Gasteiger partial charge in [0, 0.05) is 24.3 Å². The number of allylic oxidation sites excluding steroid dienone is 1. The molecule has 0 radical (unpaired) electrons. The summed E-state index contributed by atoms with van der Waals surface area (Å²) in [5.41, 5.74) is 1.97. The van der Waals surface area contributed by atoms with Crippen molar-refractivity contribution < 1.29 is 18.8 Å². The molecule has 0 amide bonds. The van der Waals surface area contributed by atoms with Crippen LogP contribution in [0.2, 0.25) is 5.02 Å². The summed E-state index contributed by atoms with van der Waals surface area (Å²) in [4.78, 5) is 0. The molecule has 0 bridgehead atoms. The molecule has 6 heteroatoms. The monoisotopic (exact) mass is 382 g/mol. The van der Waals surface area contributed by atoms with Gasteiger partial charge in [0.1, 0.15) is 5.75 Å². The average Bonchev–Trinajstić information content (AvgIpc) is 2.56. The molecule has 1 aromatic carbocycles. The van der Waals surface area contributed by atoms with Crippen molar-refractivity contribution in [3.8, 4) is 5.75 Å². The van der Waals surface area contributed by atoms with Gasteiger partial charge in [-0.3, -0.25) is 0 Å². The van der Waals surface area contributed by atoms with Crippen LogP contribution >= 0.6 is 11.6 Å². The van der Waals surface area contributed by atoms with E-state index in [2.05, 4.69) is 6.58 Å². The summed E-state index contributed by atoms with van der Waals surface area (Å²) in [7, 11) is 1.09. The number of benzene rings is 1. The summed E-state index contributed by atoms with van der Waals surface area (Å²) in [5.74, 6) is 0.645. The maximum Gasteiger partial charge on any atom is 0.494 e. The Bertz CT molecular complexity index is 539. The minimum absolute atomic E-state index is 0.0229. The largest absolute Gasteiger partial charge is 0.494 e. The standard InChI is InChI=1S/C20H32BClO4/c1-7-8-9-10-11-18-19(21(25-15(2)3)26-16(4)5)12-17(13-20(18)22)24-14-23-6/h7,12-13,15-16H,1,8-11,14H2,2-6H3. The predicted octanol–water partition coefficient (Wildman–Crippen LogP) is 4.77. The Morgan fingerprint density at radius 3 is 2.31 bits per heavy atom. The SMILES string of the molecule is C=CCCCCc1c(Cl)cc(OCOC)cc1B(OC(C)C)OC(C)C. The van der Waals surface area contributed by atoms with E-state index in [9.17, 15) is 0 Å². The van der Waals surface area contributed by atoms with Gasteiger partial charge in [0.15, 0.2) is 6.79 Å². The lowest BCUT2D eigenvalue weighted by molar-refractivity contribution is 0.0511. The van der Waals surface area contributed by atoms with Crippen molar-refractivity contribution in [3.63, 3.8) is 0 Å². The topological polar surface area (TPSA) is 36.9 Å². The molecule has 0 saturated heterocycles. The number of methoxy groups -OCH3 is 1. The number of hydrogen-bond donors (Lipinski definition) is 0. The first kappa shape index (κ1) is 23.0. The fourth-order valence-corrected chi connectivity index (χ4v) is 2.89. The van der Waals surface area contributed by atoms with Gasteiger partial charge in [0.05, 0.1) is 0 Å². The van der Waals surface area contributed by atoms with Gasteiger partial charge in [-0.15, -0.1) is 6.58 Å². The second-order valence-electron chi connectivity index (χ2n) is 6.76. The van der Waals surface area contributed by atoms with E-state index in [0.717, 1.165) is 36.7 Å². The van der Waals surface area contributed by atoms with Crippen LogP contribution in [-0.2, 0) is 20.5 Å². The first-order valence-corrected chi connectivity index (χ1v) is 9.62. The smallest absolute Gasteiger partial charge is 0.468 e. The average molecular weight is 383 g/mol. The summed E-state index contributed by atoms with van der Waals surface area (Å²) < 4.78 is 22.7. The zero-order chi connectivity index (χ0) is 19.5.